The van der Waals surface area contributed by atoms with Gasteiger partial charge in [-0.1, -0.05) is 12.1 Å². The Kier molecular flexibility index (Phi) is 5.20. The van der Waals surface area contributed by atoms with Crippen LogP contribution in [0.2, 0.25) is 0 Å². The Morgan fingerprint density at radius 3 is 2.83 bits per heavy atom. The van der Waals surface area contributed by atoms with Crippen molar-refractivity contribution in [3.05, 3.63) is 36.2 Å². The molecule has 0 bridgehead atoms. The largest absolute Gasteiger partial charge is 0.497 e. The topological polar surface area (TPSA) is 161 Å². The number of hydrogen-bond acceptors (Lipinski definition) is 10. The molecule has 4 rings (SSSR count). The molecule has 6 N–H and O–H groups in total. The molecule has 154 valence electrons. The Bertz CT molecular complexity index is 1010. The van der Waals surface area contributed by atoms with Gasteiger partial charge in [0.05, 0.1) is 13.7 Å². The van der Waals surface area contributed by atoms with E-state index in [0.717, 1.165) is 11.3 Å². The lowest BCUT2D eigenvalue weighted by Crippen LogP contribution is -2.33. The normalized spacial score (nSPS) is 24.1. The van der Waals surface area contributed by atoms with Gasteiger partial charge in [-0.05, 0) is 17.7 Å². The number of rotatable bonds is 6. The van der Waals surface area contributed by atoms with Gasteiger partial charge in [0.25, 0.3) is 0 Å². The van der Waals surface area contributed by atoms with Crippen LogP contribution < -0.4 is 15.8 Å². The third-order valence-electron chi connectivity index (χ3n) is 4.86. The van der Waals surface area contributed by atoms with Gasteiger partial charge in [-0.3, -0.25) is 4.57 Å². The van der Waals surface area contributed by atoms with E-state index < -0.39 is 31.1 Å². The number of imidazole rings is 1. The fourth-order valence-electron chi connectivity index (χ4n) is 3.35. The van der Waals surface area contributed by atoms with Gasteiger partial charge in [0.15, 0.2) is 23.2 Å². The van der Waals surface area contributed by atoms with Crippen molar-refractivity contribution in [2.45, 2.75) is 31.1 Å². The van der Waals surface area contributed by atoms with Gasteiger partial charge in [-0.25, -0.2) is 15.0 Å². The van der Waals surface area contributed by atoms with Gasteiger partial charge >= 0.3 is 0 Å². The van der Waals surface area contributed by atoms with E-state index in [2.05, 4.69) is 20.3 Å². The molecule has 0 spiro atoms. The highest BCUT2D eigenvalue weighted by molar-refractivity contribution is 5.84. The fraction of sp³-hybridized carbons (Fsp3) is 0.389. The Morgan fingerprint density at radius 1 is 1.28 bits per heavy atom. The van der Waals surface area contributed by atoms with Gasteiger partial charge in [0, 0.05) is 6.54 Å². The van der Waals surface area contributed by atoms with Crippen molar-refractivity contribution in [2.24, 2.45) is 0 Å². The predicted octanol–water partition coefficient (Wildman–Crippen LogP) is -0.359. The zero-order valence-electron chi connectivity index (χ0n) is 15.6. The second kappa shape index (κ2) is 7.79. The van der Waals surface area contributed by atoms with Crippen LogP contribution in [0.4, 0.5) is 11.8 Å². The fourth-order valence-corrected chi connectivity index (χ4v) is 3.35. The SMILES string of the molecule is COc1cccc(CNc2nc3c(N)ncnc3n2[C@@H]2O[C@H](CO)[C@@H](O)[C@H]2O)c1. The molecule has 1 fully saturated rings. The number of fused-ring (bicyclic) bond motifs is 1. The molecule has 3 aromatic rings. The second-order valence-corrected chi connectivity index (χ2v) is 6.67. The van der Waals surface area contributed by atoms with Crippen molar-refractivity contribution >= 4 is 22.9 Å². The van der Waals surface area contributed by atoms with Crippen molar-refractivity contribution in [1.29, 1.82) is 0 Å². The zero-order chi connectivity index (χ0) is 20.5. The Labute approximate surface area is 165 Å². The van der Waals surface area contributed by atoms with Gasteiger partial charge in [0.2, 0.25) is 5.95 Å². The summed E-state index contributed by atoms with van der Waals surface area (Å²) >= 11 is 0. The highest BCUT2D eigenvalue weighted by Crippen LogP contribution is 2.35. The number of aromatic nitrogens is 4. The van der Waals surface area contributed by atoms with E-state index in [1.165, 1.54) is 10.9 Å². The zero-order valence-corrected chi connectivity index (χ0v) is 15.6. The average molecular weight is 402 g/mol. The molecule has 0 aliphatic carbocycles. The number of hydrogen-bond donors (Lipinski definition) is 5. The van der Waals surface area contributed by atoms with Gasteiger partial charge in [-0.15, -0.1) is 0 Å². The first-order chi connectivity index (χ1) is 14.0. The molecule has 11 nitrogen and oxygen atoms in total. The lowest BCUT2D eigenvalue weighted by molar-refractivity contribution is -0.0501. The standard InChI is InChI=1S/C18H22N6O5/c1-28-10-4-2-3-9(5-10)6-20-18-23-12-15(19)21-8-22-16(12)24(18)17-14(27)13(26)11(7-25)29-17/h2-5,8,11,13-14,17,25-27H,6-7H2,1H3,(H,20,23)(H2,19,21,22)/t11-,13-,14-,17-/m1/s1. The average Bonchev–Trinajstić information content (AvgIpc) is 3.25. The molecule has 0 radical (unpaired) electrons. The number of methoxy groups -OCH3 is 1. The first kappa shape index (κ1) is 19.3. The van der Waals surface area contributed by atoms with E-state index in [1.54, 1.807) is 7.11 Å². The number of aliphatic hydroxyl groups is 3. The maximum atomic E-state index is 10.5. The molecule has 1 saturated heterocycles. The molecule has 11 heteroatoms. The molecule has 29 heavy (non-hydrogen) atoms. The maximum absolute atomic E-state index is 10.5. The van der Waals surface area contributed by atoms with Gasteiger partial charge < -0.3 is 35.8 Å². The number of anilines is 2. The maximum Gasteiger partial charge on any atom is 0.207 e. The summed E-state index contributed by atoms with van der Waals surface area (Å²) in [5, 5.41) is 33.2. The van der Waals surface area contributed by atoms with E-state index in [1.807, 2.05) is 24.3 Å². The van der Waals surface area contributed by atoms with E-state index >= 15 is 0 Å². The van der Waals surface area contributed by atoms with Gasteiger partial charge in [0.1, 0.15) is 30.4 Å². The van der Waals surface area contributed by atoms with Crippen LogP contribution >= 0.6 is 0 Å². The molecule has 4 atom stereocenters. The number of nitrogens with one attached hydrogen (secondary N) is 1. The smallest absolute Gasteiger partial charge is 0.207 e. The molecule has 2 aromatic heterocycles. The molecule has 3 heterocycles. The van der Waals surface area contributed by atoms with Crippen LogP contribution in [0.1, 0.15) is 11.8 Å². The molecular formula is C18H22N6O5. The van der Waals surface area contributed by atoms with Crippen molar-refractivity contribution in [2.75, 3.05) is 24.8 Å². The Hall–Kier alpha value is -2.99. The summed E-state index contributed by atoms with van der Waals surface area (Å²) in [5.74, 6) is 1.21. The summed E-state index contributed by atoms with van der Waals surface area (Å²) in [7, 11) is 1.59. The van der Waals surface area contributed by atoms with Crippen molar-refractivity contribution in [3.8, 4) is 5.75 Å². The second-order valence-electron chi connectivity index (χ2n) is 6.67. The number of nitrogen functional groups attached to an aromatic ring is 1. The minimum atomic E-state index is -1.29. The predicted molar refractivity (Wildman–Crippen MR) is 103 cm³/mol. The van der Waals surface area contributed by atoms with Crippen LogP contribution in [0.3, 0.4) is 0 Å². The molecule has 0 amide bonds. The molecular weight excluding hydrogens is 380 g/mol. The molecule has 1 aliphatic rings. The minimum Gasteiger partial charge on any atom is -0.497 e. The van der Waals surface area contributed by atoms with Crippen LogP contribution in [0.15, 0.2) is 30.6 Å². The molecule has 0 saturated carbocycles. The van der Waals surface area contributed by atoms with Crippen molar-refractivity contribution < 1.29 is 24.8 Å². The van der Waals surface area contributed by atoms with E-state index in [4.69, 9.17) is 15.2 Å². The number of ether oxygens (including phenoxy) is 2. The number of aliphatic hydroxyl groups excluding tert-OH is 3. The highest BCUT2D eigenvalue weighted by atomic mass is 16.6. The third-order valence-corrected chi connectivity index (χ3v) is 4.86. The van der Waals surface area contributed by atoms with Crippen molar-refractivity contribution in [1.82, 2.24) is 19.5 Å². The lowest BCUT2D eigenvalue weighted by Gasteiger charge is -2.19. The van der Waals surface area contributed by atoms with Crippen LogP contribution in [0.25, 0.3) is 11.2 Å². The Balaban J connectivity index is 1.71. The minimum absolute atomic E-state index is 0.171. The van der Waals surface area contributed by atoms with Crippen LogP contribution in [0, 0.1) is 0 Å². The molecule has 1 aromatic carbocycles. The first-order valence-corrected chi connectivity index (χ1v) is 9.01. The summed E-state index contributed by atoms with van der Waals surface area (Å²) in [5.41, 5.74) is 7.53. The summed E-state index contributed by atoms with van der Waals surface area (Å²) in [6.45, 7) is -0.0479. The van der Waals surface area contributed by atoms with Crippen LogP contribution in [-0.2, 0) is 11.3 Å². The van der Waals surface area contributed by atoms with Gasteiger partial charge in [-0.2, -0.15) is 0 Å². The van der Waals surface area contributed by atoms with Crippen molar-refractivity contribution in [3.63, 3.8) is 0 Å². The van der Waals surface area contributed by atoms with E-state index in [9.17, 15) is 15.3 Å². The number of nitrogens with zero attached hydrogens (tertiary/aromatic N) is 4. The molecule has 1 aliphatic heterocycles. The third kappa shape index (κ3) is 3.44. The summed E-state index contributed by atoms with van der Waals surface area (Å²) in [6.07, 6.45) is -3.22. The quantitative estimate of drug-likeness (QED) is 0.368. The number of nitrogens with two attached hydrogens (primary N) is 1. The summed E-state index contributed by atoms with van der Waals surface area (Å²) in [4.78, 5) is 12.6. The van der Waals surface area contributed by atoms with Crippen LogP contribution in [-0.4, -0.2) is 66.9 Å². The van der Waals surface area contributed by atoms with Crippen LogP contribution in [0.5, 0.6) is 5.75 Å². The summed E-state index contributed by atoms with van der Waals surface area (Å²) < 4.78 is 12.4. The monoisotopic (exact) mass is 402 g/mol. The van der Waals surface area contributed by atoms with E-state index in [0.29, 0.717) is 23.7 Å². The number of benzene rings is 1. The highest BCUT2D eigenvalue weighted by Gasteiger charge is 2.45. The van der Waals surface area contributed by atoms with E-state index in [-0.39, 0.29) is 5.82 Å². The lowest BCUT2D eigenvalue weighted by atomic mass is 10.1. The first-order valence-electron chi connectivity index (χ1n) is 9.01. The summed E-state index contributed by atoms with van der Waals surface area (Å²) in [6, 6.07) is 7.51. The Morgan fingerprint density at radius 2 is 2.10 bits per heavy atom. The molecule has 0 unspecified atom stereocenters.